The normalized spacial score (nSPS) is 18.6. The highest BCUT2D eigenvalue weighted by molar-refractivity contribution is 7.99. The predicted octanol–water partition coefficient (Wildman–Crippen LogP) is 1.23. The van der Waals surface area contributed by atoms with Crippen LogP contribution in [0.2, 0.25) is 0 Å². The lowest BCUT2D eigenvalue weighted by Gasteiger charge is -2.27. The Bertz CT molecular complexity index is 1080. The van der Waals surface area contributed by atoms with Gasteiger partial charge in [-0.25, -0.2) is 26.1 Å². The molecule has 0 unspecified atom stereocenters. The summed E-state index contributed by atoms with van der Waals surface area (Å²) in [6.07, 6.45) is 3.16. The fraction of sp³-hybridized carbons (Fsp3) is 0.444. The average Bonchev–Trinajstić information content (AvgIpc) is 3.33. The third-order valence-corrected chi connectivity index (χ3v) is 9.18. The Morgan fingerprint density at radius 2 is 2.07 bits per heavy atom. The maximum Gasteiger partial charge on any atom is 0.244 e. The van der Waals surface area contributed by atoms with Gasteiger partial charge in [-0.3, -0.25) is 4.79 Å². The monoisotopic (exact) mass is 473 g/mol. The zero-order chi connectivity index (χ0) is 21.9. The van der Waals surface area contributed by atoms with Gasteiger partial charge in [0, 0.05) is 26.3 Å². The fourth-order valence-electron chi connectivity index (χ4n) is 3.05. The van der Waals surface area contributed by atoms with Crippen LogP contribution in [0.5, 0.6) is 0 Å². The van der Waals surface area contributed by atoms with Gasteiger partial charge in [0.2, 0.25) is 15.9 Å². The number of aromatic nitrogens is 1. The number of sulfone groups is 1. The van der Waals surface area contributed by atoms with Gasteiger partial charge < -0.3 is 9.32 Å². The lowest BCUT2D eigenvalue weighted by atomic mass is 10.2. The van der Waals surface area contributed by atoms with E-state index in [0.29, 0.717) is 17.2 Å². The van der Waals surface area contributed by atoms with Crippen molar-refractivity contribution in [3.63, 3.8) is 0 Å². The molecule has 3 heterocycles. The van der Waals surface area contributed by atoms with Gasteiger partial charge in [0.15, 0.2) is 9.84 Å². The molecule has 164 valence electrons. The van der Waals surface area contributed by atoms with Crippen molar-refractivity contribution in [3.8, 4) is 0 Å². The van der Waals surface area contributed by atoms with Crippen LogP contribution in [0.25, 0.3) is 0 Å². The number of nitrogens with zero attached hydrogens (tertiary/aromatic N) is 3. The van der Waals surface area contributed by atoms with Crippen molar-refractivity contribution < 1.29 is 26.0 Å². The molecule has 1 aliphatic rings. The number of thioether (sulfide) groups is 1. The summed E-state index contributed by atoms with van der Waals surface area (Å²) < 4.78 is 54.4. The van der Waals surface area contributed by atoms with E-state index in [0.717, 1.165) is 4.31 Å². The number of hydrogen-bond acceptors (Lipinski definition) is 8. The number of carbonyl (C=O) groups is 1. The first-order chi connectivity index (χ1) is 14.1. The van der Waals surface area contributed by atoms with Crippen molar-refractivity contribution in [3.05, 3.63) is 42.5 Å². The molecule has 30 heavy (non-hydrogen) atoms. The molecule has 3 rings (SSSR count). The molecule has 1 aliphatic heterocycles. The molecule has 1 amide bonds. The van der Waals surface area contributed by atoms with Crippen molar-refractivity contribution >= 4 is 37.5 Å². The maximum atomic E-state index is 12.9. The Labute approximate surface area is 180 Å². The van der Waals surface area contributed by atoms with E-state index < -0.39 is 25.9 Å². The van der Waals surface area contributed by atoms with Crippen LogP contribution in [-0.2, 0) is 31.2 Å². The molecule has 0 aliphatic carbocycles. The van der Waals surface area contributed by atoms with Crippen molar-refractivity contribution in [1.29, 1.82) is 0 Å². The third-order valence-electron chi connectivity index (χ3n) is 4.71. The minimum Gasteiger partial charge on any atom is -0.467 e. The van der Waals surface area contributed by atoms with Gasteiger partial charge >= 0.3 is 0 Å². The van der Waals surface area contributed by atoms with E-state index in [2.05, 4.69) is 4.98 Å². The molecule has 1 atom stereocenters. The van der Waals surface area contributed by atoms with E-state index in [1.165, 1.54) is 44.4 Å². The first-order valence-electron chi connectivity index (χ1n) is 9.12. The van der Waals surface area contributed by atoms with E-state index in [4.69, 9.17) is 4.42 Å². The van der Waals surface area contributed by atoms with E-state index in [-0.39, 0.29) is 34.6 Å². The van der Waals surface area contributed by atoms with E-state index in [1.54, 1.807) is 23.1 Å². The highest BCUT2D eigenvalue weighted by Gasteiger charge is 2.35. The van der Waals surface area contributed by atoms with Crippen LogP contribution >= 0.6 is 11.8 Å². The topological polar surface area (TPSA) is 118 Å². The summed E-state index contributed by atoms with van der Waals surface area (Å²) in [6, 6.07) is 6.05. The first-order valence-corrected chi connectivity index (χ1v) is 13.4. The number of sulfonamides is 1. The van der Waals surface area contributed by atoms with Gasteiger partial charge in [0.25, 0.3) is 0 Å². The molecule has 2 aromatic heterocycles. The molecule has 12 heteroatoms. The Morgan fingerprint density at radius 1 is 1.30 bits per heavy atom. The van der Waals surface area contributed by atoms with Gasteiger partial charge in [-0.1, -0.05) is 11.8 Å². The highest BCUT2D eigenvalue weighted by Crippen LogP contribution is 2.24. The molecule has 0 spiro atoms. The Morgan fingerprint density at radius 3 is 2.60 bits per heavy atom. The van der Waals surface area contributed by atoms with Crippen LogP contribution < -0.4 is 0 Å². The molecule has 0 aromatic carbocycles. The van der Waals surface area contributed by atoms with Gasteiger partial charge in [-0.15, -0.1) is 0 Å². The number of carbonyl (C=O) groups excluding carboxylic acids is 1. The average molecular weight is 474 g/mol. The summed E-state index contributed by atoms with van der Waals surface area (Å²) >= 11 is 1.17. The van der Waals surface area contributed by atoms with Gasteiger partial charge in [0.1, 0.15) is 10.7 Å². The number of amides is 1. The van der Waals surface area contributed by atoms with Crippen molar-refractivity contribution in [2.45, 2.75) is 28.9 Å². The SMILES string of the molecule is CN(C)S(=O)(=O)c1ccc(SCC(=O)N(Cc2ccco2)[C@@H]2CCS(=O)(=O)C2)nc1. The number of furan rings is 1. The minimum atomic E-state index is -3.57. The first kappa shape index (κ1) is 22.8. The lowest BCUT2D eigenvalue weighted by Crippen LogP contribution is -2.41. The summed E-state index contributed by atoms with van der Waals surface area (Å²) in [6.45, 7) is 0.194. The van der Waals surface area contributed by atoms with E-state index >= 15 is 0 Å². The highest BCUT2D eigenvalue weighted by atomic mass is 32.2. The molecule has 1 fully saturated rings. The molecule has 0 saturated carbocycles. The number of rotatable bonds is 8. The second-order valence-corrected chi connectivity index (χ2v) is 12.4. The summed E-state index contributed by atoms with van der Waals surface area (Å²) in [5, 5.41) is 0.498. The third kappa shape index (κ3) is 5.42. The van der Waals surface area contributed by atoms with Gasteiger partial charge in [-0.05, 0) is 30.7 Å². The molecule has 0 radical (unpaired) electrons. The van der Waals surface area contributed by atoms with Crippen LogP contribution in [0.15, 0.2) is 51.1 Å². The van der Waals surface area contributed by atoms with Gasteiger partial charge in [-0.2, -0.15) is 0 Å². The largest absolute Gasteiger partial charge is 0.467 e. The second kappa shape index (κ2) is 9.08. The minimum absolute atomic E-state index is 0.0457. The summed E-state index contributed by atoms with van der Waals surface area (Å²) in [5.74, 6) is 0.402. The zero-order valence-electron chi connectivity index (χ0n) is 16.6. The molecule has 0 N–H and O–H groups in total. The molecular weight excluding hydrogens is 450 g/mol. The zero-order valence-corrected chi connectivity index (χ0v) is 19.0. The standard InChI is InChI=1S/C18H23N3O6S3/c1-20(2)30(25,26)16-5-6-17(19-10-16)28-12-18(22)21(11-15-4-3-8-27-15)14-7-9-29(23,24)13-14/h3-6,8,10,14H,7,9,11-13H2,1-2H3/t14-/m1/s1. The van der Waals surface area contributed by atoms with Crippen molar-refractivity contribution in [2.75, 3.05) is 31.4 Å². The van der Waals surface area contributed by atoms with Crippen molar-refractivity contribution in [2.24, 2.45) is 0 Å². The molecule has 0 bridgehead atoms. The Kier molecular flexibility index (Phi) is 6.90. The molecule has 1 saturated heterocycles. The lowest BCUT2D eigenvalue weighted by molar-refractivity contribution is -0.131. The number of pyridine rings is 1. The summed E-state index contributed by atoms with van der Waals surface area (Å²) in [7, 11) is -3.84. The van der Waals surface area contributed by atoms with Crippen LogP contribution in [0.3, 0.4) is 0 Å². The van der Waals surface area contributed by atoms with E-state index in [9.17, 15) is 21.6 Å². The van der Waals surface area contributed by atoms with Crippen LogP contribution in [0.4, 0.5) is 0 Å². The number of hydrogen-bond donors (Lipinski definition) is 0. The van der Waals surface area contributed by atoms with Crippen molar-refractivity contribution in [1.82, 2.24) is 14.2 Å². The Hall–Kier alpha value is -1.89. The van der Waals surface area contributed by atoms with Crippen LogP contribution in [0.1, 0.15) is 12.2 Å². The maximum absolute atomic E-state index is 12.9. The summed E-state index contributed by atoms with van der Waals surface area (Å²) in [4.78, 5) is 18.6. The quantitative estimate of drug-likeness (QED) is 0.526. The molecular formula is C18H23N3O6S3. The van der Waals surface area contributed by atoms with Gasteiger partial charge in [0.05, 0.1) is 35.1 Å². The second-order valence-electron chi connectivity index (χ2n) is 7.07. The fourth-order valence-corrected chi connectivity index (χ4v) is 6.35. The summed E-state index contributed by atoms with van der Waals surface area (Å²) in [5.41, 5.74) is 0. The van der Waals surface area contributed by atoms with Crippen LogP contribution in [-0.4, -0.2) is 74.3 Å². The predicted molar refractivity (Wildman–Crippen MR) is 112 cm³/mol. The van der Waals surface area contributed by atoms with E-state index in [1.807, 2.05) is 0 Å². The molecule has 2 aromatic rings. The Balaban J connectivity index is 1.68. The molecule has 9 nitrogen and oxygen atoms in total. The van der Waals surface area contributed by atoms with Crippen LogP contribution in [0, 0.1) is 0 Å². The smallest absolute Gasteiger partial charge is 0.244 e.